The molecular formula is C11H18O3. The molecule has 1 saturated carbocycles. The minimum Gasteiger partial charge on any atom is -0.479 e. The van der Waals surface area contributed by atoms with E-state index in [1.807, 2.05) is 0 Å². The molecule has 0 aromatic heterocycles. The summed E-state index contributed by atoms with van der Waals surface area (Å²) in [7, 11) is 0. The van der Waals surface area contributed by atoms with Gasteiger partial charge in [-0.15, -0.1) is 6.58 Å². The van der Waals surface area contributed by atoms with E-state index in [2.05, 4.69) is 6.58 Å². The van der Waals surface area contributed by atoms with Gasteiger partial charge in [-0.05, 0) is 18.8 Å². The first-order chi connectivity index (χ1) is 6.61. The van der Waals surface area contributed by atoms with E-state index in [4.69, 9.17) is 5.11 Å². The predicted molar refractivity (Wildman–Crippen MR) is 54.0 cm³/mol. The summed E-state index contributed by atoms with van der Waals surface area (Å²) < 4.78 is 0. The van der Waals surface area contributed by atoms with Crippen molar-refractivity contribution in [2.75, 3.05) is 0 Å². The maximum absolute atomic E-state index is 11.0. The predicted octanol–water partition coefficient (Wildman–Crippen LogP) is 1.96. The van der Waals surface area contributed by atoms with Gasteiger partial charge in [0, 0.05) is 6.42 Å². The van der Waals surface area contributed by atoms with Crippen molar-refractivity contribution in [2.24, 2.45) is 5.92 Å². The first-order valence-electron chi connectivity index (χ1n) is 5.18. The van der Waals surface area contributed by atoms with Crippen molar-refractivity contribution in [2.45, 2.75) is 44.1 Å². The minimum absolute atomic E-state index is 0.105. The second kappa shape index (κ2) is 4.60. The fourth-order valence-electron chi connectivity index (χ4n) is 2.23. The van der Waals surface area contributed by atoms with Crippen molar-refractivity contribution < 1.29 is 15.0 Å². The highest BCUT2D eigenvalue weighted by atomic mass is 16.4. The molecule has 1 atom stereocenters. The number of aliphatic hydroxyl groups is 1. The largest absolute Gasteiger partial charge is 0.479 e. The topological polar surface area (TPSA) is 57.5 Å². The Hall–Kier alpha value is -0.830. The Labute approximate surface area is 84.4 Å². The van der Waals surface area contributed by atoms with Gasteiger partial charge in [-0.1, -0.05) is 25.3 Å². The van der Waals surface area contributed by atoms with Gasteiger partial charge in [-0.3, -0.25) is 0 Å². The summed E-state index contributed by atoms with van der Waals surface area (Å²) in [6, 6.07) is 0. The van der Waals surface area contributed by atoms with Gasteiger partial charge >= 0.3 is 5.97 Å². The summed E-state index contributed by atoms with van der Waals surface area (Å²) in [6.07, 6.45) is 6.47. The van der Waals surface area contributed by atoms with Gasteiger partial charge in [0.25, 0.3) is 0 Å². The number of hydrogen-bond acceptors (Lipinski definition) is 2. The highest BCUT2D eigenvalue weighted by Gasteiger charge is 2.42. The molecule has 0 aromatic rings. The summed E-state index contributed by atoms with van der Waals surface area (Å²) in [6.45, 7) is 3.50. The van der Waals surface area contributed by atoms with Crippen LogP contribution in [-0.4, -0.2) is 21.8 Å². The SMILES string of the molecule is C=CCC(O)(C(=O)O)C1CCCCC1. The molecule has 2 N–H and O–H groups in total. The zero-order valence-electron chi connectivity index (χ0n) is 8.41. The standard InChI is InChI=1S/C11H18O3/c1-2-8-11(14,10(12)13)9-6-4-3-5-7-9/h2,9,14H,1,3-8H2,(H,12,13). The molecule has 80 valence electrons. The Morgan fingerprint density at radius 1 is 1.43 bits per heavy atom. The molecule has 3 nitrogen and oxygen atoms in total. The third kappa shape index (κ3) is 2.15. The van der Waals surface area contributed by atoms with E-state index < -0.39 is 11.6 Å². The van der Waals surface area contributed by atoms with Gasteiger partial charge in [0.15, 0.2) is 5.60 Å². The minimum atomic E-state index is -1.58. The molecule has 0 aromatic carbocycles. The van der Waals surface area contributed by atoms with Crippen molar-refractivity contribution in [1.82, 2.24) is 0 Å². The first kappa shape index (κ1) is 11.2. The quantitative estimate of drug-likeness (QED) is 0.679. The van der Waals surface area contributed by atoms with E-state index in [-0.39, 0.29) is 12.3 Å². The number of rotatable bonds is 4. The van der Waals surface area contributed by atoms with E-state index in [9.17, 15) is 9.90 Å². The van der Waals surface area contributed by atoms with E-state index in [0.29, 0.717) is 0 Å². The van der Waals surface area contributed by atoms with Crippen molar-refractivity contribution >= 4 is 5.97 Å². The molecule has 1 unspecified atom stereocenters. The highest BCUT2D eigenvalue weighted by molar-refractivity contribution is 5.77. The molecule has 0 heterocycles. The highest BCUT2D eigenvalue weighted by Crippen LogP contribution is 2.35. The normalized spacial score (nSPS) is 22.6. The third-order valence-corrected chi connectivity index (χ3v) is 3.11. The average molecular weight is 198 g/mol. The summed E-state index contributed by atoms with van der Waals surface area (Å²) in [4.78, 5) is 11.0. The molecule has 0 aliphatic heterocycles. The molecule has 14 heavy (non-hydrogen) atoms. The Balaban J connectivity index is 2.74. The number of carbonyl (C=O) groups is 1. The van der Waals surface area contributed by atoms with Crippen LogP contribution in [0.3, 0.4) is 0 Å². The molecular weight excluding hydrogens is 180 g/mol. The molecule has 1 aliphatic carbocycles. The van der Waals surface area contributed by atoms with Gasteiger partial charge in [-0.25, -0.2) is 4.79 Å². The molecule has 1 rings (SSSR count). The molecule has 0 spiro atoms. The third-order valence-electron chi connectivity index (χ3n) is 3.11. The van der Waals surface area contributed by atoms with Crippen LogP contribution in [0.1, 0.15) is 38.5 Å². The lowest BCUT2D eigenvalue weighted by atomic mass is 9.75. The van der Waals surface area contributed by atoms with Gasteiger partial charge in [0.1, 0.15) is 0 Å². The fourth-order valence-corrected chi connectivity index (χ4v) is 2.23. The Kier molecular flexibility index (Phi) is 3.69. The lowest BCUT2D eigenvalue weighted by Crippen LogP contribution is -2.46. The van der Waals surface area contributed by atoms with Crippen LogP contribution < -0.4 is 0 Å². The van der Waals surface area contributed by atoms with Crippen LogP contribution in [0.2, 0.25) is 0 Å². The van der Waals surface area contributed by atoms with Crippen LogP contribution in [-0.2, 0) is 4.79 Å². The number of carboxylic acids is 1. The van der Waals surface area contributed by atoms with Gasteiger partial charge in [0.05, 0.1) is 0 Å². The summed E-state index contributed by atoms with van der Waals surface area (Å²) >= 11 is 0. The maximum Gasteiger partial charge on any atom is 0.336 e. The average Bonchev–Trinajstić information content (AvgIpc) is 2.19. The maximum atomic E-state index is 11.0. The Morgan fingerprint density at radius 3 is 2.43 bits per heavy atom. The van der Waals surface area contributed by atoms with E-state index >= 15 is 0 Å². The molecule has 0 saturated heterocycles. The zero-order chi connectivity index (χ0) is 10.6. The van der Waals surface area contributed by atoms with E-state index in [1.54, 1.807) is 0 Å². The second-order valence-corrected chi connectivity index (χ2v) is 4.06. The van der Waals surface area contributed by atoms with Crippen molar-refractivity contribution in [3.05, 3.63) is 12.7 Å². The first-order valence-corrected chi connectivity index (χ1v) is 5.18. The molecule has 0 amide bonds. The number of carboxylic acid groups (broad SMARTS) is 1. The molecule has 1 fully saturated rings. The van der Waals surface area contributed by atoms with E-state index in [1.165, 1.54) is 6.08 Å². The van der Waals surface area contributed by atoms with Crippen LogP contribution in [0.25, 0.3) is 0 Å². The van der Waals surface area contributed by atoms with Crippen LogP contribution in [0.5, 0.6) is 0 Å². The monoisotopic (exact) mass is 198 g/mol. The second-order valence-electron chi connectivity index (χ2n) is 4.06. The lowest BCUT2D eigenvalue weighted by Gasteiger charge is -2.34. The van der Waals surface area contributed by atoms with E-state index in [0.717, 1.165) is 32.1 Å². The number of aliphatic carboxylic acids is 1. The zero-order valence-corrected chi connectivity index (χ0v) is 8.41. The van der Waals surface area contributed by atoms with Crippen LogP contribution in [0.4, 0.5) is 0 Å². The van der Waals surface area contributed by atoms with Crippen LogP contribution in [0.15, 0.2) is 12.7 Å². The lowest BCUT2D eigenvalue weighted by molar-refractivity contribution is -0.166. The van der Waals surface area contributed by atoms with Crippen LogP contribution >= 0.6 is 0 Å². The fraction of sp³-hybridized carbons (Fsp3) is 0.727. The van der Waals surface area contributed by atoms with Crippen LogP contribution in [0, 0.1) is 5.92 Å². The van der Waals surface area contributed by atoms with Crippen molar-refractivity contribution in [3.8, 4) is 0 Å². The van der Waals surface area contributed by atoms with Crippen molar-refractivity contribution in [1.29, 1.82) is 0 Å². The van der Waals surface area contributed by atoms with Gasteiger partial charge in [0.2, 0.25) is 0 Å². The Morgan fingerprint density at radius 2 is 2.00 bits per heavy atom. The van der Waals surface area contributed by atoms with Gasteiger partial charge in [-0.2, -0.15) is 0 Å². The molecule has 0 radical (unpaired) electrons. The number of hydrogen-bond donors (Lipinski definition) is 2. The summed E-state index contributed by atoms with van der Waals surface area (Å²) in [5.74, 6) is -1.21. The molecule has 0 bridgehead atoms. The summed E-state index contributed by atoms with van der Waals surface area (Å²) in [5, 5.41) is 19.1. The smallest absolute Gasteiger partial charge is 0.336 e. The molecule has 1 aliphatic rings. The Bertz CT molecular complexity index is 219. The molecule has 3 heteroatoms. The van der Waals surface area contributed by atoms with Crippen molar-refractivity contribution in [3.63, 3.8) is 0 Å². The summed E-state index contributed by atoms with van der Waals surface area (Å²) in [5.41, 5.74) is -1.58. The van der Waals surface area contributed by atoms with Gasteiger partial charge < -0.3 is 10.2 Å².